The summed E-state index contributed by atoms with van der Waals surface area (Å²) < 4.78 is 0. The number of likely N-dealkylation sites (tertiary alicyclic amines) is 1. The van der Waals surface area contributed by atoms with E-state index in [-0.39, 0.29) is 17.6 Å². The van der Waals surface area contributed by atoms with Crippen LogP contribution in [0.25, 0.3) is 10.8 Å². The molecule has 0 N–H and O–H groups in total. The second-order valence-electron chi connectivity index (χ2n) is 7.39. The summed E-state index contributed by atoms with van der Waals surface area (Å²) in [6.45, 7) is 1.25. The van der Waals surface area contributed by atoms with Gasteiger partial charge < -0.3 is 4.90 Å². The van der Waals surface area contributed by atoms with E-state index in [0.717, 1.165) is 41.4 Å². The van der Waals surface area contributed by atoms with E-state index < -0.39 is 0 Å². The predicted molar refractivity (Wildman–Crippen MR) is 110 cm³/mol. The second kappa shape index (κ2) is 8.34. The van der Waals surface area contributed by atoms with Crippen molar-refractivity contribution in [3.05, 3.63) is 78.1 Å². The highest BCUT2D eigenvalue weighted by Crippen LogP contribution is 2.26. The van der Waals surface area contributed by atoms with Gasteiger partial charge in [-0.2, -0.15) is 0 Å². The monoisotopic (exact) mass is 372 g/mol. The molecule has 0 spiro atoms. The standard InChI is InChI=1S/C24H24N2O2/c27-23(14-13-20-10-3-4-15-25-20)26-16-6-9-19(17-26)24(28)22-12-5-8-18-7-1-2-11-21(18)22/h1-5,7-8,10-12,15,19H,6,9,13-14,16-17H2/t19-/m0/s1. The number of carbonyl (C=O) groups is 2. The number of hydrogen-bond acceptors (Lipinski definition) is 3. The van der Waals surface area contributed by atoms with Gasteiger partial charge >= 0.3 is 0 Å². The number of benzene rings is 2. The van der Waals surface area contributed by atoms with Crippen molar-refractivity contribution in [2.45, 2.75) is 25.7 Å². The first-order valence-electron chi connectivity index (χ1n) is 9.92. The van der Waals surface area contributed by atoms with Crippen molar-refractivity contribution in [1.29, 1.82) is 0 Å². The zero-order chi connectivity index (χ0) is 19.3. The second-order valence-corrected chi connectivity index (χ2v) is 7.39. The third kappa shape index (κ3) is 3.96. The first-order chi connectivity index (χ1) is 13.7. The van der Waals surface area contributed by atoms with Crippen LogP contribution in [0.15, 0.2) is 66.9 Å². The zero-order valence-electron chi connectivity index (χ0n) is 15.9. The van der Waals surface area contributed by atoms with Crippen LogP contribution in [0.5, 0.6) is 0 Å². The van der Waals surface area contributed by atoms with Gasteiger partial charge in [0.25, 0.3) is 0 Å². The van der Waals surface area contributed by atoms with E-state index in [1.54, 1.807) is 6.20 Å². The highest BCUT2D eigenvalue weighted by molar-refractivity contribution is 6.09. The van der Waals surface area contributed by atoms with E-state index in [1.807, 2.05) is 65.6 Å². The predicted octanol–water partition coefficient (Wildman–Crippen LogP) is 4.29. The molecule has 142 valence electrons. The lowest BCUT2D eigenvalue weighted by Crippen LogP contribution is -2.42. The van der Waals surface area contributed by atoms with Crippen LogP contribution >= 0.6 is 0 Å². The van der Waals surface area contributed by atoms with E-state index in [9.17, 15) is 9.59 Å². The Morgan fingerprint density at radius 2 is 1.82 bits per heavy atom. The van der Waals surface area contributed by atoms with Gasteiger partial charge in [-0.05, 0) is 42.2 Å². The molecule has 2 aromatic carbocycles. The largest absolute Gasteiger partial charge is 0.342 e. The minimum Gasteiger partial charge on any atom is -0.342 e. The van der Waals surface area contributed by atoms with Crippen molar-refractivity contribution in [2.24, 2.45) is 5.92 Å². The van der Waals surface area contributed by atoms with E-state index in [2.05, 4.69) is 4.98 Å². The molecule has 0 saturated carbocycles. The lowest BCUT2D eigenvalue weighted by Gasteiger charge is -2.32. The minimum absolute atomic E-state index is 0.112. The quantitative estimate of drug-likeness (QED) is 0.628. The fourth-order valence-electron chi connectivity index (χ4n) is 4.02. The van der Waals surface area contributed by atoms with Crippen molar-refractivity contribution >= 4 is 22.5 Å². The number of aromatic nitrogens is 1. The van der Waals surface area contributed by atoms with Crippen LogP contribution in [-0.2, 0) is 11.2 Å². The molecule has 1 aromatic heterocycles. The Labute approximate surface area is 165 Å². The molecule has 0 unspecified atom stereocenters. The van der Waals surface area contributed by atoms with Gasteiger partial charge in [0.2, 0.25) is 5.91 Å². The summed E-state index contributed by atoms with van der Waals surface area (Å²) in [5.74, 6) is 0.137. The summed E-state index contributed by atoms with van der Waals surface area (Å²) in [6.07, 6.45) is 4.53. The Morgan fingerprint density at radius 1 is 1.00 bits per heavy atom. The number of rotatable bonds is 5. The molecule has 4 heteroatoms. The number of aryl methyl sites for hydroxylation is 1. The number of carbonyl (C=O) groups excluding carboxylic acids is 2. The van der Waals surface area contributed by atoms with Gasteiger partial charge in [-0.15, -0.1) is 0 Å². The molecule has 28 heavy (non-hydrogen) atoms. The highest BCUT2D eigenvalue weighted by Gasteiger charge is 2.29. The molecule has 1 fully saturated rings. The SMILES string of the molecule is O=C(c1cccc2ccccc12)[C@H]1CCCN(C(=O)CCc2ccccn2)C1. The Morgan fingerprint density at radius 3 is 2.68 bits per heavy atom. The molecule has 2 heterocycles. The van der Waals surface area contributed by atoms with Crippen LogP contribution in [0.1, 0.15) is 35.3 Å². The van der Waals surface area contributed by atoms with Gasteiger partial charge in [0.05, 0.1) is 0 Å². The highest BCUT2D eigenvalue weighted by atomic mass is 16.2. The van der Waals surface area contributed by atoms with Crippen molar-refractivity contribution < 1.29 is 9.59 Å². The van der Waals surface area contributed by atoms with E-state index in [0.29, 0.717) is 19.4 Å². The van der Waals surface area contributed by atoms with Gasteiger partial charge in [0.15, 0.2) is 5.78 Å². The van der Waals surface area contributed by atoms with Crippen LogP contribution in [0.2, 0.25) is 0 Å². The molecular formula is C24H24N2O2. The Balaban J connectivity index is 1.44. The number of nitrogens with zero attached hydrogens (tertiary/aromatic N) is 2. The third-order valence-corrected chi connectivity index (χ3v) is 5.52. The fraction of sp³-hybridized carbons (Fsp3) is 0.292. The molecular weight excluding hydrogens is 348 g/mol. The van der Waals surface area contributed by atoms with Crippen LogP contribution in [0, 0.1) is 5.92 Å². The summed E-state index contributed by atoms with van der Waals surface area (Å²) in [5.41, 5.74) is 1.70. The number of fused-ring (bicyclic) bond motifs is 1. The number of ketones is 1. The molecule has 1 atom stereocenters. The molecule has 0 radical (unpaired) electrons. The maximum Gasteiger partial charge on any atom is 0.222 e. The molecule has 4 nitrogen and oxygen atoms in total. The van der Waals surface area contributed by atoms with Gasteiger partial charge in [0, 0.05) is 42.9 Å². The van der Waals surface area contributed by atoms with Gasteiger partial charge in [0.1, 0.15) is 0 Å². The summed E-state index contributed by atoms with van der Waals surface area (Å²) in [6, 6.07) is 19.6. The molecule has 1 amide bonds. The molecule has 1 saturated heterocycles. The summed E-state index contributed by atoms with van der Waals surface area (Å²) in [5, 5.41) is 2.07. The Hall–Kier alpha value is -3.01. The van der Waals surface area contributed by atoms with Crippen molar-refractivity contribution in [1.82, 2.24) is 9.88 Å². The van der Waals surface area contributed by atoms with Crippen LogP contribution in [0.4, 0.5) is 0 Å². The van der Waals surface area contributed by atoms with E-state index in [4.69, 9.17) is 0 Å². The molecule has 0 bridgehead atoms. The van der Waals surface area contributed by atoms with E-state index in [1.165, 1.54) is 0 Å². The van der Waals surface area contributed by atoms with Crippen LogP contribution in [0.3, 0.4) is 0 Å². The van der Waals surface area contributed by atoms with E-state index >= 15 is 0 Å². The van der Waals surface area contributed by atoms with Gasteiger partial charge in [-0.25, -0.2) is 0 Å². The number of hydrogen-bond donors (Lipinski definition) is 0. The smallest absolute Gasteiger partial charge is 0.222 e. The van der Waals surface area contributed by atoms with Crippen LogP contribution < -0.4 is 0 Å². The number of Topliss-reactive ketones (excluding diaryl/α,β-unsaturated/α-hetero) is 1. The molecule has 3 aromatic rings. The summed E-state index contributed by atoms with van der Waals surface area (Å²) in [4.78, 5) is 32.0. The summed E-state index contributed by atoms with van der Waals surface area (Å²) in [7, 11) is 0. The van der Waals surface area contributed by atoms with Crippen molar-refractivity contribution in [3.63, 3.8) is 0 Å². The number of piperidine rings is 1. The van der Waals surface area contributed by atoms with Gasteiger partial charge in [-0.3, -0.25) is 14.6 Å². The maximum absolute atomic E-state index is 13.2. The Kier molecular flexibility index (Phi) is 5.47. The van der Waals surface area contributed by atoms with Crippen molar-refractivity contribution in [2.75, 3.05) is 13.1 Å². The van der Waals surface area contributed by atoms with Crippen molar-refractivity contribution in [3.8, 4) is 0 Å². The number of amides is 1. The lowest BCUT2D eigenvalue weighted by atomic mass is 9.88. The zero-order valence-corrected chi connectivity index (χ0v) is 15.9. The third-order valence-electron chi connectivity index (χ3n) is 5.52. The molecule has 1 aliphatic heterocycles. The molecule has 4 rings (SSSR count). The number of pyridine rings is 1. The Bertz CT molecular complexity index is 979. The minimum atomic E-state index is -0.127. The lowest BCUT2D eigenvalue weighted by molar-refractivity contribution is -0.132. The molecule has 1 aliphatic rings. The molecule has 0 aliphatic carbocycles. The van der Waals surface area contributed by atoms with Gasteiger partial charge in [-0.1, -0.05) is 48.5 Å². The summed E-state index contributed by atoms with van der Waals surface area (Å²) >= 11 is 0. The first-order valence-corrected chi connectivity index (χ1v) is 9.92. The average Bonchev–Trinajstić information content (AvgIpc) is 2.77. The maximum atomic E-state index is 13.2. The topological polar surface area (TPSA) is 50.3 Å². The fourth-order valence-corrected chi connectivity index (χ4v) is 4.02. The normalized spacial score (nSPS) is 16.9. The average molecular weight is 372 g/mol. The van der Waals surface area contributed by atoms with Crippen LogP contribution in [-0.4, -0.2) is 34.7 Å². The first kappa shape index (κ1) is 18.4.